The van der Waals surface area contributed by atoms with E-state index in [9.17, 15) is 0 Å². The summed E-state index contributed by atoms with van der Waals surface area (Å²) < 4.78 is 0. The number of hydrogen-bond donors (Lipinski definition) is 0. The normalized spacial score (nSPS) is 41.3. The highest BCUT2D eigenvalue weighted by molar-refractivity contribution is 5.04. The summed E-state index contributed by atoms with van der Waals surface area (Å²) in [5, 5.41) is 8.89. The zero-order valence-corrected chi connectivity index (χ0v) is 7.62. The van der Waals surface area contributed by atoms with Gasteiger partial charge in [0, 0.05) is 5.92 Å². The molecular weight excluding hydrogens is 148 g/mol. The molecule has 1 rings (SSSR count). The third-order valence-electron chi connectivity index (χ3n) is 2.94. The van der Waals surface area contributed by atoms with Crippen molar-refractivity contribution in [2.45, 2.75) is 32.7 Å². The lowest BCUT2D eigenvalue weighted by Gasteiger charge is -2.28. The van der Waals surface area contributed by atoms with Gasteiger partial charge in [0.05, 0.1) is 6.07 Å². The van der Waals surface area contributed by atoms with E-state index in [1.54, 1.807) is 0 Å². The van der Waals surface area contributed by atoms with Crippen LogP contribution in [-0.4, -0.2) is 6.04 Å². The zero-order valence-electron chi connectivity index (χ0n) is 7.62. The van der Waals surface area contributed by atoms with Gasteiger partial charge in [0.15, 0.2) is 0 Å². The molecule has 1 aliphatic rings. The van der Waals surface area contributed by atoms with Crippen LogP contribution in [-0.2, 0) is 0 Å². The molecule has 2 nitrogen and oxygen atoms in total. The molecule has 12 heavy (non-hydrogen) atoms. The molecule has 0 aliphatic heterocycles. The Morgan fingerprint density at radius 1 is 1.33 bits per heavy atom. The van der Waals surface area contributed by atoms with Crippen LogP contribution in [0.25, 0.3) is 4.85 Å². The second-order valence-corrected chi connectivity index (χ2v) is 3.81. The molecule has 0 saturated heterocycles. The first kappa shape index (κ1) is 9.07. The van der Waals surface area contributed by atoms with Gasteiger partial charge in [0.1, 0.15) is 5.92 Å². The van der Waals surface area contributed by atoms with Gasteiger partial charge in [0.25, 0.3) is 0 Å². The van der Waals surface area contributed by atoms with Crippen molar-refractivity contribution in [1.82, 2.24) is 0 Å². The molecule has 4 atom stereocenters. The Hall–Kier alpha value is -1.02. The Bertz CT molecular complexity index is 207. The summed E-state index contributed by atoms with van der Waals surface area (Å²) in [5.41, 5.74) is 0. The first-order valence-corrected chi connectivity index (χ1v) is 4.47. The van der Waals surface area contributed by atoms with Crippen LogP contribution in [0, 0.1) is 35.7 Å². The minimum atomic E-state index is -0.0567. The van der Waals surface area contributed by atoms with Crippen LogP contribution in [0.15, 0.2) is 0 Å². The van der Waals surface area contributed by atoms with Crippen LogP contribution >= 0.6 is 0 Å². The predicted molar refractivity (Wildman–Crippen MR) is 47.1 cm³/mol. The molecule has 0 N–H and O–H groups in total. The van der Waals surface area contributed by atoms with Gasteiger partial charge in [-0.05, 0) is 18.8 Å². The molecule has 0 spiro atoms. The van der Waals surface area contributed by atoms with E-state index in [-0.39, 0.29) is 12.0 Å². The summed E-state index contributed by atoms with van der Waals surface area (Å²) in [6.07, 6.45) is 2.21. The van der Waals surface area contributed by atoms with E-state index >= 15 is 0 Å². The first-order valence-electron chi connectivity index (χ1n) is 4.47. The highest BCUT2D eigenvalue weighted by Gasteiger charge is 2.40. The third kappa shape index (κ3) is 1.43. The zero-order chi connectivity index (χ0) is 9.14. The van der Waals surface area contributed by atoms with Gasteiger partial charge in [0.2, 0.25) is 6.04 Å². The topological polar surface area (TPSA) is 28.1 Å². The van der Waals surface area contributed by atoms with Crippen LogP contribution < -0.4 is 0 Å². The van der Waals surface area contributed by atoms with Gasteiger partial charge < -0.3 is 4.85 Å². The minimum Gasteiger partial charge on any atom is -0.312 e. The van der Waals surface area contributed by atoms with Crippen molar-refractivity contribution in [2.75, 3.05) is 0 Å². The van der Waals surface area contributed by atoms with Crippen molar-refractivity contribution in [3.05, 3.63) is 11.4 Å². The second-order valence-electron chi connectivity index (χ2n) is 3.81. The predicted octanol–water partition coefficient (Wildman–Crippen LogP) is 2.48. The van der Waals surface area contributed by atoms with Crippen molar-refractivity contribution in [3.63, 3.8) is 0 Å². The van der Waals surface area contributed by atoms with Gasteiger partial charge in [-0.1, -0.05) is 13.8 Å². The van der Waals surface area contributed by atoms with E-state index < -0.39 is 0 Å². The maximum Gasteiger partial charge on any atom is 0.242 e. The number of hydrogen-bond acceptors (Lipinski definition) is 1. The highest BCUT2D eigenvalue weighted by atomic mass is 14.8. The lowest BCUT2D eigenvalue weighted by molar-refractivity contribution is 0.235. The molecule has 2 heteroatoms. The molecule has 1 fully saturated rings. The maximum absolute atomic E-state index is 8.89. The maximum atomic E-state index is 8.89. The second kappa shape index (κ2) is 3.59. The highest BCUT2D eigenvalue weighted by Crippen LogP contribution is 2.35. The van der Waals surface area contributed by atoms with Gasteiger partial charge in [-0.2, -0.15) is 5.26 Å². The first-order chi connectivity index (χ1) is 5.70. The Labute approximate surface area is 74.0 Å². The standard InChI is InChI=1S/C10H14N2/c1-7-4-5-8(2)10(12-3)9(7)6-11/h7-10H,4-5H2,1-2H3. The molecule has 4 unspecified atom stereocenters. The SMILES string of the molecule is [C-]#[N+]C1C(C)CCC(C)C1C#N. The summed E-state index contributed by atoms with van der Waals surface area (Å²) in [5.74, 6) is 0.778. The van der Waals surface area contributed by atoms with Gasteiger partial charge in [-0.3, -0.25) is 0 Å². The van der Waals surface area contributed by atoms with E-state index in [1.807, 2.05) is 0 Å². The van der Waals surface area contributed by atoms with Crippen molar-refractivity contribution in [2.24, 2.45) is 17.8 Å². The average Bonchev–Trinajstić information content (AvgIpc) is 2.08. The van der Waals surface area contributed by atoms with E-state index in [0.717, 1.165) is 12.8 Å². The van der Waals surface area contributed by atoms with Gasteiger partial charge in [-0.15, -0.1) is 0 Å². The fourth-order valence-electron chi connectivity index (χ4n) is 1.98. The van der Waals surface area contributed by atoms with Crippen molar-refractivity contribution < 1.29 is 0 Å². The summed E-state index contributed by atoms with van der Waals surface area (Å²) in [6, 6.07) is 2.21. The van der Waals surface area contributed by atoms with Crippen LogP contribution in [0.2, 0.25) is 0 Å². The molecule has 0 aromatic carbocycles. The molecule has 0 aromatic rings. The molecule has 1 aliphatic carbocycles. The Balaban J connectivity index is 2.78. The van der Waals surface area contributed by atoms with Crippen LogP contribution in [0.4, 0.5) is 0 Å². The fourth-order valence-corrected chi connectivity index (χ4v) is 1.98. The van der Waals surface area contributed by atoms with Gasteiger partial charge in [-0.25, -0.2) is 6.57 Å². The Morgan fingerprint density at radius 2 is 1.92 bits per heavy atom. The van der Waals surface area contributed by atoms with Gasteiger partial charge >= 0.3 is 0 Å². The Kier molecular flexibility index (Phi) is 2.71. The fraction of sp³-hybridized carbons (Fsp3) is 0.800. The van der Waals surface area contributed by atoms with E-state index in [1.165, 1.54) is 0 Å². The molecule has 0 aromatic heterocycles. The smallest absolute Gasteiger partial charge is 0.242 e. The summed E-state index contributed by atoms with van der Waals surface area (Å²) >= 11 is 0. The van der Waals surface area contributed by atoms with E-state index in [0.29, 0.717) is 11.8 Å². The summed E-state index contributed by atoms with van der Waals surface area (Å²) in [6.45, 7) is 11.2. The molecule has 0 heterocycles. The molecule has 64 valence electrons. The average molecular weight is 162 g/mol. The largest absolute Gasteiger partial charge is 0.312 e. The number of nitriles is 1. The molecular formula is C10H14N2. The lowest BCUT2D eigenvalue weighted by Crippen LogP contribution is -2.33. The molecule has 0 bridgehead atoms. The third-order valence-corrected chi connectivity index (χ3v) is 2.94. The molecule has 0 amide bonds. The molecule has 0 radical (unpaired) electrons. The van der Waals surface area contributed by atoms with Crippen LogP contribution in [0.1, 0.15) is 26.7 Å². The van der Waals surface area contributed by atoms with Crippen molar-refractivity contribution in [3.8, 4) is 6.07 Å². The van der Waals surface area contributed by atoms with E-state index in [2.05, 4.69) is 24.8 Å². The van der Waals surface area contributed by atoms with Crippen LogP contribution in [0.3, 0.4) is 0 Å². The quantitative estimate of drug-likeness (QED) is 0.503. The van der Waals surface area contributed by atoms with Crippen LogP contribution in [0.5, 0.6) is 0 Å². The molecule has 1 saturated carbocycles. The Morgan fingerprint density at radius 3 is 2.33 bits per heavy atom. The van der Waals surface area contributed by atoms with Crippen molar-refractivity contribution >= 4 is 0 Å². The van der Waals surface area contributed by atoms with Crippen molar-refractivity contribution in [1.29, 1.82) is 5.26 Å². The summed E-state index contributed by atoms with van der Waals surface area (Å²) in [4.78, 5) is 3.56. The number of rotatable bonds is 0. The number of nitrogens with zero attached hydrogens (tertiary/aromatic N) is 2. The summed E-state index contributed by atoms with van der Waals surface area (Å²) in [7, 11) is 0. The lowest BCUT2D eigenvalue weighted by atomic mass is 9.73. The minimum absolute atomic E-state index is 0.0359. The monoisotopic (exact) mass is 162 g/mol. The van der Waals surface area contributed by atoms with E-state index in [4.69, 9.17) is 11.8 Å².